The van der Waals surface area contributed by atoms with E-state index in [1.807, 2.05) is 5.32 Å². The zero-order chi connectivity index (χ0) is 24.9. The van der Waals surface area contributed by atoms with Gasteiger partial charge in [0.05, 0.1) is 25.8 Å². The number of aliphatic hydroxyl groups is 2. The van der Waals surface area contributed by atoms with Gasteiger partial charge in [-0.15, -0.1) is 0 Å². The Balaban J connectivity index is 0. The zero-order valence-electron chi connectivity index (χ0n) is 16.5. The van der Waals surface area contributed by atoms with Crippen LogP contribution in [0, 0.1) is 5.92 Å². The van der Waals surface area contributed by atoms with Gasteiger partial charge >= 0.3 is 18.1 Å². The van der Waals surface area contributed by atoms with Crippen molar-refractivity contribution in [2.75, 3.05) is 19.8 Å². The number of rotatable bonds is 10. The molecule has 31 heavy (non-hydrogen) atoms. The number of carbonyl (C=O) groups is 5. The number of nitrogens with two attached hydrogens (primary N) is 1. The summed E-state index contributed by atoms with van der Waals surface area (Å²) >= 11 is 0. The lowest BCUT2D eigenvalue weighted by Crippen LogP contribution is -2.55. The van der Waals surface area contributed by atoms with Crippen molar-refractivity contribution in [1.29, 1.82) is 0 Å². The lowest BCUT2D eigenvalue weighted by molar-refractivity contribution is -0.192. The van der Waals surface area contributed by atoms with Crippen molar-refractivity contribution in [3.63, 3.8) is 0 Å². The molecule has 0 radical (unpaired) electrons. The monoisotopic (exact) mass is 462 g/mol. The van der Waals surface area contributed by atoms with E-state index in [0.717, 1.165) is 0 Å². The van der Waals surface area contributed by atoms with E-state index in [4.69, 9.17) is 31.0 Å². The fourth-order valence-corrected chi connectivity index (χ4v) is 1.49. The molecule has 0 aromatic carbocycles. The molecule has 0 saturated heterocycles. The van der Waals surface area contributed by atoms with E-state index in [1.165, 1.54) is 0 Å². The van der Waals surface area contributed by atoms with Crippen LogP contribution < -0.4 is 21.7 Å². The first-order valence-corrected chi connectivity index (χ1v) is 8.46. The van der Waals surface area contributed by atoms with E-state index in [2.05, 4.69) is 10.6 Å². The molecule has 9 N–H and O–H groups in total. The second-order valence-electron chi connectivity index (χ2n) is 6.18. The molecular weight excluding hydrogens is 437 g/mol. The number of aliphatic hydroxyl groups excluding tert-OH is 2. The molecule has 0 rings (SSSR count). The summed E-state index contributed by atoms with van der Waals surface area (Å²) in [5, 5.41) is 40.1. The van der Waals surface area contributed by atoms with Gasteiger partial charge in [0, 0.05) is 0 Å². The van der Waals surface area contributed by atoms with Crippen molar-refractivity contribution in [3.8, 4) is 0 Å². The van der Waals surface area contributed by atoms with Gasteiger partial charge in [0.25, 0.3) is 0 Å². The maximum atomic E-state index is 11.8. The van der Waals surface area contributed by atoms with Crippen LogP contribution in [-0.4, -0.2) is 94.1 Å². The van der Waals surface area contributed by atoms with Crippen molar-refractivity contribution < 1.29 is 57.6 Å². The molecule has 0 aromatic rings. The number of hydrogen-bond donors (Lipinski definition) is 8. The van der Waals surface area contributed by atoms with E-state index in [-0.39, 0.29) is 5.92 Å². The number of nitrogens with one attached hydrogen (secondary N) is 3. The SMILES string of the molecule is CC(C)C(N)C(=O)NCC(=O)N[C@@H](CO)C(=O)N[C@@H](CO)C(=O)O.O=C(O)C(F)(F)F. The van der Waals surface area contributed by atoms with Crippen LogP contribution in [0.2, 0.25) is 0 Å². The third kappa shape index (κ3) is 13.0. The maximum absolute atomic E-state index is 11.8. The van der Waals surface area contributed by atoms with E-state index < -0.39 is 73.7 Å². The molecule has 180 valence electrons. The van der Waals surface area contributed by atoms with E-state index >= 15 is 0 Å². The summed E-state index contributed by atoms with van der Waals surface area (Å²) in [4.78, 5) is 54.6. The van der Waals surface area contributed by atoms with Gasteiger partial charge in [0.1, 0.15) is 12.1 Å². The fourth-order valence-electron chi connectivity index (χ4n) is 1.49. The molecule has 0 bridgehead atoms. The van der Waals surface area contributed by atoms with Crippen LogP contribution in [0.3, 0.4) is 0 Å². The van der Waals surface area contributed by atoms with Gasteiger partial charge in [-0.1, -0.05) is 13.8 Å². The Kier molecular flexibility index (Phi) is 13.7. The minimum atomic E-state index is -5.08. The molecule has 0 heterocycles. The average Bonchev–Trinajstić information content (AvgIpc) is 2.66. The first-order chi connectivity index (χ1) is 14.1. The normalized spacial score (nSPS) is 13.7. The van der Waals surface area contributed by atoms with Crippen molar-refractivity contribution in [2.45, 2.75) is 38.1 Å². The molecule has 0 aliphatic heterocycles. The van der Waals surface area contributed by atoms with Crippen LogP contribution >= 0.6 is 0 Å². The van der Waals surface area contributed by atoms with Crippen LogP contribution in [0.4, 0.5) is 13.2 Å². The predicted molar refractivity (Wildman–Crippen MR) is 95.2 cm³/mol. The summed E-state index contributed by atoms with van der Waals surface area (Å²) in [6, 6.07) is -3.79. The molecule has 3 atom stereocenters. The standard InChI is InChI=1S/C13H24N4O7.C2HF3O2/c1-6(2)10(14)12(22)15-3-9(20)16-7(4-18)11(21)17-8(5-19)13(23)24;3-2(4,5)1(6)7/h6-8,10,18-19H,3-5,14H2,1-2H3,(H,15,22)(H,16,20)(H,17,21)(H,23,24);(H,6,7)/t7-,8-,10?;/m0./s1. The van der Waals surface area contributed by atoms with Crippen molar-refractivity contribution in [3.05, 3.63) is 0 Å². The molecular formula is C15H25F3N4O9. The predicted octanol–water partition coefficient (Wildman–Crippen LogP) is -3.24. The Morgan fingerprint density at radius 2 is 1.35 bits per heavy atom. The first kappa shape index (κ1) is 30.2. The Morgan fingerprint density at radius 1 is 0.903 bits per heavy atom. The minimum Gasteiger partial charge on any atom is -0.480 e. The summed E-state index contributed by atoms with van der Waals surface area (Å²) in [7, 11) is 0. The van der Waals surface area contributed by atoms with Crippen LogP contribution in [0.1, 0.15) is 13.8 Å². The molecule has 0 aliphatic carbocycles. The highest BCUT2D eigenvalue weighted by molar-refractivity contribution is 5.92. The van der Waals surface area contributed by atoms with Crippen LogP contribution in [-0.2, 0) is 24.0 Å². The van der Waals surface area contributed by atoms with Crippen LogP contribution in [0.25, 0.3) is 0 Å². The molecule has 16 heteroatoms. The number of alkyl halides is 3. The van der Waals surface area contributed by atoms with E-state index in [9.17, 15) is 32.3 Å². The van der Waals surface area contributed by atoms with Gasteiger partial charge in [0.2, 0.25) is 17.7 Å². The number of hydrogen-bond acceptors (Lipinski definition) is 8. The van der Waals surface area contributed by atoms with Crippen molar-refractivity contribution in [2.24, 2.45) is 11.7 Å². The Labute approximate surface area is 173 Å². The van der Waals surface area contributed by atoms with Crippen molar-refractivity contribution in [1.82, 2.24) is 16.0 Å². The second-order valence-corrected chi connectivity index (χ2v) is 6.18. The highest BCUT2D eigenvalue weighted by Gasteiger charge is 2.38. The topological polar surface area (TPSA) is 228 Å². The van der Waals surface area contributed by atoms with Gasteiger partial charge in [-0.05, 0) is 5.92 Å². The Bertz CT molecular complexity index is 644. The molecule has 1 unspecified atom stereocenters. The van der Waals surface area contributed by atoms with Gasteiger partial charge < -0.3 is 42.1 Å². The number of aliphatic carboxylic acids is 2. The fraction of sp³-hybridized carbons (Fsp3) is 0.667. The molecule has 0 aliphatic rings. The lowest BCUT2D eigenvalue weighted by Gasteiger charge is -2.19. The molecule has 0 spiro atoms. The van der Waals surface area contributed by atoms with Gasteiger partial charge in [0.15, 0.2) is 0 Å². The zero-order valence-corrected chi connectivity index (χ0v) is 16.5. The summed E-state index contributed by atoms with van der Waals surface area (Å²) in [6.45, 7) is 1.35. The molecule has 13 nitrogen and oxygen atoms in total. The third-order valence-corrected chi connectivity index (χ3v) is 3.32. The van der Waals surface area contributed by atoms with E-state index in [1.54, 1.807) is 13.8 Å². The molecule has 0 aromatic heterocycles. The quantitative estimate of drug-likeness (QED) is 0.162. The molecule has 3 amide bonds. The molecule has 0 saturated carbocycles. The first-order valence-electron chi connectivity index (χ1n) is 8.46. The smallest absolute Gasteiger partial charge is 0.480 e. The highest BCUT2D eigenvalue weighted by atomic mass is 19.4. The number of carbonyl (C=O) groups excluding carboxylic acids is 3. The third-order valence-electron chi connectivity index (χ3n) is 3.32. The van der Waals surface area contributed by atoms with Gasteiger partial charge in [-0.25, -0.2) is 9.59 Å². The maximum Gasteiger partial charge on any atom is 0.490 e. The Morgan fingerprint density at radius 3 is 1.68 bits per heavy atom. The van der Waals surface area contributed by atoms with Crippen LogP contribution in [0.5, 0.6) is 0 Å². The summed E-state index contributed by atoms with van der Waals surface area (Å²) in [5.74, 6) is -6.66. The summed E-state index contributed by atoms with van der Waals surface area (Å²) < 4.78 is 31.7. The average molecular weight is 462 g/mol. The second kappa shape index (κ2) is 14.1. The highest BCUT2D eigenvalue weighted by Crippen LogP contribution is 2.13. The number of amides is 3. The Hall–Kier alpha value is -2.98. The van der Waals surface area contributed by atoms with Crippen LogP contribution in [0.15, 0.2) is 0 Å². The number of carboxylic acids is 2. The summed E-state index contributed by atoms with van der Waals surface area (Å²) in [5.41, 5.74) is 5.59. The number of carboxylic acid groups (broad SMARTS) is 2. The minimum absolute atomic E-state index is 0.129. The van der Waals surface area contributed by atoms with E-state index in [0.29, 0.717) is 0 Å². The summed E-state index contributed by atoms with van der Waals surface area (Å²) in [6.07, 6.45) is -5.08. The number of halogens is 3. The van der Waals surface area contributed by atoms with Gasteiger partial charge in [-0.2, -0.15) is 13.2 Å². The largest absolute Gasteiger partial charge is 0.490 e. The molecule has 0 fully saturated rings. The lowest BCUT2D eigenvalue weighted by atomic mass is 10.1. The van der Waals surface area contributed by atoms with Gasteiger partial charge in [-0.3, -0.25) is 14.4 Å². The van der Waals surface area contributed by atoms with Crippen molar-refractivity contribution >= 4 is 29.7 Å².